The van der Waals surface area contributed by atoms with Crippen LogP contribution in [0.4, 0.5) is 0 Å². The van der Waals surface area contributed by atoms with E-state index in [1.165, 1.54) is 29.4 Å². The van der Waals surface area contributed by atoms with Crippen LogP contribution in [0.15, 0.2) is 47.8 Å². The van der Waals surface area contributed by atoms with Gasteiger partial charge >= 0.3 is 0 Å². The zero-order valence-electron chi connectivity index (χ0n) is 17.3. The fraction of sp³-hybridized carbons (Fsp3) is 0.304. The summed E-state index contributed by atoms with van der Waals surface area (Å²) in [4.78, 5) is 3.36. The van der Waals surface area contributed by atoms with E-state index in [2.05, 4.69) is 50.9 Å². The first-order chi connectivity index (χ1) is 14.7. The molecule has 2 heterocycles. The Morgan fingerprint density at radius 1 is 1.10 bits per heavy atom. The molecule has 4 aromatic rings. The van der Waals surface area contributed by atoms with E-state index in [0.29, 0.717) is 6.04 Å². The lowest BCUT2D eigenvalue weighted by Gasteiger charge is -2.13. The summed E-state index contributed by atoms with van der Waals surface area (Å²) < 4.78 is 13.2. The third-order valence-electron chi connectivity index (χ3n) is 5.61. The monoisotopic (exact) mass is 420 g/mol. The predicted molar refractivity (Wildman–Crippen MR) is 119 cm³/mol. The van der Waals surface area contributed by atoms with Crippen LogP contribution in [0.5, 0.6) is 11.5 Å². The number of benzene rings is 2. The minimum Gasteiger partial charge on any atom is -0.493 e. The van der Waals surface area contributed by atoms with E-state index in [1.807, 2.05) is 18.3 Å². The van der Waals surface area contributed by atoms with Gasteiger partial charge in [0.2, 0.25) is 0 Å². The Morgan fingerprint density at radius 3 is 2.63 bits per heavy atom. The van der Waals surface area contributed by atoms with E-state index in [4.69, 9.17) is 9.47 Å². The molecule has 2 aromatic carbocycles. The average molecular weight is 421 g/mol. The summed E-state index contributed by atoms with van der Waals surface area (Å²) in [5.74, 6) is 3.25. The molecule has 154 valence electrons. The van der Waals surface area contributed by atoms with Crippen LogP contribution in [-0.2, 0) is 5.75 Å². The van der Waals surface area contributed by atoms with Gasteiger partial charge in [0.1, 0.15) is 0 Å². The standard InChI is InChI=1S/C23H24N4O2S/c1-14-10-20(28-2)21(29-3)11-15(14)13-30-23-26-25-22(27(23)16-8-9-16)18-12-24-19-7-5-4-6-17(18)19/h4-7,10-12,16,24H,8-9,13H2,1-3H3. The highest BCUT2D eigenvalue weighted by Crippen LogP contribution is 2.43. The topological polar surface area (TPSA) is 65.0 Å². The van der Waals surface area contributed by atoms with Gasteiger partial charge in [-0.2, -0.15) is 0 Å². The van der Waals surface area contributed by atoms with Crippen molar-refractivity contribution < 1.29 is 9.47 Å². The summed E-state index contributed by atoms with van der Waals surface area (Å²) in [5, 5.41) is 11.3. The molecule has 6 nitrogen and oxygen atoms in total. The number of hydrogen-bond donors (Lipinski definition) is 1. The number of methoxy groups -OCH3 is 2. The van der Waals surface area contributed by atoms with Gasteiger partial charge in [-0.25, -0.2) is 0 Å². The molecule has 0 saturated heterocycles. The number of fused-ring (bicyclic) bond motifs is 1. The zero-order chi connectivity index (χ0) is 20.7. The van der Waals surface area contributed by atoms with Crippen molar-refractivity contribution in [1.29, 1.82) is 0 Å². The fourth-order valence-electron chi connectivity index (χ4n) is 3.80. The summed E-state index contributed by atoms with van der Waals surface area (Å²) >= 11 is 1.72. The smallest absolute Gasteiger partial charge is 0.192 e. The molecule has 0 bridgehead atoms. The van der Waals surface area contributed by atoms with Crippen molar-refractivity contribution in [2.45, 2.75) is 36.7 Å². The van der Waals surface area contributed by atoms with Crippen molar-refractivity contribution in [2.24, 2.45) is 0 Å². The molecule has 0 spiro atoms. The molecular weight excluding hydrogens is 396 g/mol. The summed E-state index contributed by atoms with van der Waals surface area (Å²) in [7, 11) is 3.33. The van der Waals surface area contributed by atoms with Crippen LogP contribution in [-0.4, -0.2) is 34.0 Å². The second-order valence-corrected chi connectivity index (χ2v) is 8.52. The highest BCUT2D eigenvalue weighted by atomic mass is 32.2. The van der Waals surface area contributed by atoms with Gasteiger partial charge in [-0.3, -0.25) is 4.57 Å². The SMILES string of the molecule is COc1cc(C)c(CSc2nnc(-c3c[nH]c4ccccc34)n2C2CC2)cc1OC. The minimum absolute atomic E-state index is 0.484. The molecule has 1 fully saturated rings. The van der Waals surface area contributed by atoms with E-state index < -0.39 is 0 Å². The normalized spacial score (nSPS) is 13.7. The molecule has 1 saturated carbocycles. The Balaban J connectivity index is 1.47. The van der Waals surface area contributed by atoms with E-state index >= 15 is 0 Å². The number of thioether (sulfide) groups is 1. The van der Waals surface area contributed by atoms with Crippen molar-refractivity contribution in [1.82, 2.24) is 19.7 Å². The summed E-state index contributed by atoms with van der Waals surface area (Å²) in [5.41, 5.74) is 4.61. The molecule has 0 aliphatic heterocycles. The van der Waals surface area contributed by atoms with Gasteiger partial charge in [0.05, 0.1) is 14.2 Å². The molecule has 0 amide bonds. The summed E-state index contributed by atoms with van der Waals surface area (Å²) in [6.45, 7) is 2.10. The molecule has 1 aliphatic carbocycles. The first-order valence-electron chi connectivity index (χ1n) is 10.0. The Labute approximate surface area is 179 Å². The maximum absolute atomic E-state index is 5.48. The third kappa shape index (κ3) is 3.33. The molecule has 1 N–H and O–H groups in total. The number of nitrogens with zero attached hydrogens (tertiary/aromatic N) is 3. The maximum Gasteiger partial charge on any atom is 0.192 e. The van der Waals surface area contributed by atoms with E-state index in [0.717, 1.165) is 39.3 Å². The number of rotatable bonds is 7. The number of aromatic nitrogens is 4. The number of aromatic amines is 1. The van der Waals surface area contributed by atoms with Crippen LogP contribution in [0.3, 0.4) is 0 Å². The van der Waals surface area contributed by atoms with Crippen molar-refractivity contribution in [3.63, 3.8) is 0 Å². The molecule has 2 aromatic heterocycles. The van der Waals surface area contributed by atoms with Gasteiger partial charge in [0, 0.05) is 34.5 Å². The second-order valence-electron chi connectivity index (χ2n) is 7.58. The number of para-hydroxylation sites is 1. The number of aryl methyl sites for hydroxylation is 1. The van der Waals surface area contributed by atoms with Gasteiger partial charge < -0.3 is 14.5 Å². The minimum atomic E-state index is 0.484. The van der Waals surface area contributed by atoms with Crippen LogP contribution >= 0.6 is 11.8 Å². The largest absolute Gasteiger partial charge is 0.493 e. The fourth-order valence-corrected chi connectivity index (χ4v) is 4.87. The van der Waals surface area contributed by atoms with Crippen LogP contribution < -0.4 is 9.47 Å². The van der Waals surface area contributed by atoms with Gasteiger partial charge in [-0.05, 0) is 49.1 Å². The van der Waals surface area contributed by atoms with Crippen LogP contribution in [0.25, 0.3) is 22.3 Å². The number of H-pyrrole nitrogens is 1. The Hall–Kier alpha value is -2.93. The van der Waals surface area contributed by atoms with Gasteiger partial charge in [-0.15, -0.1) is 10.2 Å². The van der Waals surface area contributed by atoms with Gasteiger partial charge in [0.15, 0.2) is 22.5 Å². The zero-order valence-corrected chi connectivity index (χ0v) is 18.1. The van der Waals surface area contributed by atoms with E-state index in [-0.39, 0.29) is 0 Å². The first kappa shape index (κ1) is 19.1. The number of ether oxygens (including phenoxy) is 2. The van der Waals surface area contributed by atoms with E-state index in [9.17, 15) is 0 Å². The quantitative estimate of drug-likeness (QED) is 0.407. The van der Waals surface area contributed by atoms with E-state index in [1.54, 1.807) is 26.0 Å². The highest BCUT2D eigenvalue weighted by Gasteiger charge is 2.31. The van der Waals surface area contributed by atoms with Crippen LogP contribution in [0, 0.1) is 6.92 Å². The molecular formula is C23H24N4O2S. The Bertz CT molecular complexity index is 1210. The lowest BCUT2D eigenvalue weighted by atomic mass is 10.1. The second kappa shape index (κ2) is 7.72. The molecule has 0 radical (unpaired) electrons. The lowest BCUT2D eigenvalue weighted by molar-refractivity contribution is 0.354. The Kier molecular flexibility index (Phi) is 4.90. The summed E-state index contributed by atoms with van der Waals surface area (Å²) in [6, 6.07) is 12.9. The first-order valence-corrected chi connectivity index (χ1v) is 11.0. The van der Waals surface area contributed by atoms with Gasteiger partial charge in [-0.1, -0.05) is 30.0 Å². The average Bonchev–Trinajstić information content (AvgIpc) is 3.38. The number of hydrogen-bond acceptors (Lipinski definition) is 5. The van der Waals surface area contributed by atoms with Crippen LogP contribution in [0.2, 0.25) is 0 Å². The Morgan fingerprint density at radius 2 is 1.87 bits per heavy atom. The highest BCUT2D eigenvalue weighted by molar-refractivity contribution is 7.98. The molecule has 0 atom stereocenters. The van der Waals surface area contributed by atoms with Crippen LogP contribution in [0.1, 0.15) is 30.0 Å². The predicted octanol–water partition coefficient (Wildman–Crippen LogP) is 5.38. The maximum atomic E-state index is 5.48. The molecule has 0 unspecified atom stereocenters. The van der Waals surface area contributed by atoms with Crippen molar-refractivity contribution in [3.05, 3.63) is 53.7 Å². The van der Waals surface area contributed by atoms with Crippen molar-refractivity contribution in [3.8, 4) is 22.9 Å². The molecule has 30 heavy (non-hydrogen) atoms. The third-order valence-corrected chi connectivity index (χ3v) is 6.60. The number of nitrogens with one attached hydrogen (secondary N) is 1. The van der Waals surface area contributed by atoms with Gasteiger partial charge in [0.25, 0.3) is 0 Å². The van der Waals surface area contributed by atoms with Crippen molar-refractivity contribution in [2.75, 3.05) is 14.2 Å². The lowest BCUT2D eigenvalue weighted by Crippen LogP contribution is -2.00. The summed E-state index contributed by atoms with van der Waals surface area (Å²) in [6.07, 6.45) is 4.40. The molecule has 7 heteroatoms. The molecule has 5 rings (SSSR count). The van der Waals surface area contributed by atoms with Crippen molar-refractivity contribution >= 4 is 22.7 Å². The molecule has 1 aliphatic rings.